The molecule has 0 heterocycles. The normalized spacial score (nSPS) is 22.1. The van der Waals surface area contributed by atoms with Crippen molar-refractivity contribution in [3.8, 4) is 0 Å². The van der Waals surface area contributed by atoms with Gasteiger partial charge in [0.1, 0.15) is 13.4 Å². The Labute approximate surface area is 93.5 Å². The molecule has 0 bridgehead atoms. The Morgan fingerprint density at radius 1 is 1.60 bits per heavy atom. The Morgan fingerprint density at radius 3 is 2.80 bits per heavy atom. The summed E-state index contributed by atoms with van der Waals surface area (Å²) in [5, 5.41) is 0. The number of hydrogen-bond donors (Lipinski definition) is 0. The van der Waals surface area contributed by atoms with E-state index in [2.05, 4.69) is 13.9 Å². The van der Waals surface area contributed by atoms with Crippen LogP contribution >= 0.6 is 0 Å². The van der Waals surface area contributed by atoms with E-state index < -0.39 is 0 Å². The number of carbonyl (C=O) groups is 1. The van der Waals surface area contributed by atoms with Crippen molar-refractivity contribution in [2.24, 2.45) is 5.92 Å². The minimum atomic E-state index is -0.351. The molecular formula is C12H21BO2. The first-order valence-electron chi connectivity index (χ1n) is 5.74. The first-order chi connectivity index (χ1) is 6.87. The quantitative estimate of drug-likeness (QED) is 0.512. The van der Waals surface area contributed by atoms with Crippen LogP contribution in [0, 0.1) is 5.92 Å². The Morgan fingerprint density at radius 2 is 2.27 bits per heavy atom. The molecule has 0 aromatic rings. The van der Waals surface area contributed by atoms with Gasteiger partial charge < -0.3 is 4.74 Å². The van der Waals surface area contributed by atoms with Gasteiger partial charge in [-0.3, -0.25) is 4.79 Å². The van der Waals surface area contributed by atoms with E-state index in [4.69, 9.17) is 4.74 Å². The van der Waals surface area contributed by atoms with Gasteiger partial charge in [0.05, 0.1) is 0 Å². The van der Waals surface area contributed by atoms with E-state index in [1.54, 1.807) is 0 Å². The van der Waals surface area contributed by atoms with Gasteiger partial charge >= 0.3 is 5.97 Å². The van der Waals surface area contributed by atoms with E-state index in [-0.39, 0.29) is 11.6 Å². The van der Waals surface area contributed by atoms with Gasteiger partial charge in [-0.25, -0.2) is 0 Å². The molecule has 1 unspecified atom stereocenters. The van der Waals surface area contributed by atoms with Crippen molar-refractivity contribution in [1.82, 2.24) is 0 Å². The fourth-order valence-corrected chi connectivity index (χ4v) is 2.00. The van der Waals surface area contributed by atoms with E-state index in [0.717, 1.165) is 19.3 Å². The van der Waals surface area contributed by atoms with Crippen LogP contribution in [-0.4, -0.2) is 19.4 Å². The third-order valence-corrected chi connectivity index (χ3v) is 2.55. The maximum absolute atomic E-state index is 11.6. The number of rotatable bonds is 2. The summed E-state index contributed by atoms with van der Waals surface area (Å²) in [4.78, 5) is 11.6. The molecule has 0 aromatic heterocycles. The van der Waals surface area contributed by atoms with Crippen LogP contribution in [0.5, 0.6) is 0 Å². The number of ether oxygens (including phenoxy) is 1. The predicted molar refractivity (Wildman–Crippen MR) is 64.4 cm³/mol. The van der Waals surface area contributed by atoms with Crippen LogP contribution in [0.25, 0.3) is 0 Å². The summed E-state index contributed by atoms with van der Waals surface area (Å²) in [5.41, 5.74) is 1.06. The lowest BCUT2D eigenvalue weighted by molar-refractivity contribution is -0.156. The molecule has 0 radical (unpaired) electrons. The van der Waals surface area contributed by atoms with Gasteiger partial charge in [0.2, 0.25) is 0 Å². The zero-order valence-corrected chi connectivity index (χ0v) is 10.3. The Balaban J connectivity index is 2.36. The smallest absolute Gasteiger partial charge is 0.306 e. The van der Waals surface area contributed by atoms with Crippen LogP contribution in [-0.2, 0) is 9.53 Å². The van der Waals surface area contributed by atoms with Gasteiger partial charge in [-0.1, -0.05) is 6.08 Å². The monoisotopic (exact) mass is 208 g/mol. The summed E-state index contributed by atoms with van der Waals surface area (Å²) in [5.74, 6) is 0.437. The van der Waals surface area contributed by atoms with Crippen LogP contribution in [0.15, 0.2) is 11.5 Å². The largest absolute Gasteiger partial charge is 0.460 e. The second-order valence-electron chi connectivity index (χ2n) is 5.49. The van der Waals surface area contributed by atoms with Gasteiger partial charge in [0, 0.05) is 6.42 Å². The molecule has 0 fully saturated rings. The molecule has 1 aliphatic carbocycles. The average Bonchev–Trinajstić information content (AvgIpc) is 1.99. The highest BCUT2D eigenvalue weighted by Gasteiger charge is 2.21. The number of esters is 1. The first-order valence-corrected chi connectivity index (χ1v) is 5.74. The zero-order valence-electron chi connectivity index (χ0n) is 10.3. The fourth-order valence-electron chi connectivity index (χ4n) is 2.00. The van der Waals surface area contributed by atoms with Crippen molar-refractivity contribution in [2.45, 2.75) is 52.1 Å². The van der Waals surface area contributed by atoms with Gasteiger partial charge in [-0.15, -0.1) is 5.47 Å². The third-order valence-electron chi connectivity index (χ3n) is 2.55. The molecule has 0 amide bonds. The lowest BCUT2D eigenvalue weighted by Gasteiger charge is -2.24. The van der Waals surface area contributed by atoms with E-state index in [1.807, 2.05) is 20.8 Å². The van der Waals surface area contributed by atoms with Gasteiger partial charge in [-0.2, -0.15) is 0 Å². The highest BCUT2D eigenvalue weighted by molar-refractivity contribution is 6.21. The molecular weight excluding hydrogens is 187 g/mol. The maximum atomic E-state index is 11.6. The summed E-state index contributed by atoms with van der Waals surface area (Å²) < 4.78 is 5.32. The highest BCUT2D eigenvalue weighted by atomic mass is 16.6. The molecule has 0 spiro atoms. The topological polar surface area (TPSA) is 26.3 Å². The van der Waals surface area contributed by atoms with E-state index in [9.17, 15) is 4.79 Å². The average molecular weight is 208 g/mol. The molecule has 0 saturated heterocycles. The van der Waals surface area contributed by atoms with Gasteiger partial charge in [0.15, 0.2) is 0 Å². The number of allylic oxidation sites excluding steroid dienone is 2. The molecule has 0 aromatic carbocycles. The molecule has 0 saturated carbocycles. The van der Waals surface area contributed by atoms with Crippen LogP contribution in [0.3, 0.4) is 0 Å². The third kappa shape index (κ3) is 5.05. The minimum absolute atomic E-state index is 0.0535. The highest BCUT2D eigenvalue weighted by Crippen LogP contribution is 2.26. The van der Waals surface area contributed by atoms with E-state index in [0.29, 0.717) is 12.3 Å². The van der Waals surface area contributed by atoms with E-state index in [1.165, 1.54) is 5.47 Å². The molecule has 84 valence electrons. The minimum Gasteiger partial charge on any atom is -0.460 e. The Kier molecular flexibility index (Phi) is 4.00. The lowest BCUT2D eigenvalue weighted by atomic mass is 9.78. The molecule has 0 N–H and O–H groups in total. The predicted octanol–water partition coefficient (Wildman–Crippen LogP) is 2.04. The molecule has 1 rings (SSSR count). The Bertz CT molecular complexity index is 263. The first kappa shape index (κ1) is 12.3. The molecule has 15 heavy (non-hydrogen) atoms. The molecule has 3 heteroatoms. The summed E-state index contributed by atoms with van der Waals surface area (Å²) in [7, 11) is 2.14. The molecule has 1 atom stereocenters. The van der Waals surface area contributed by atoms with Crippen LogP contribution in [0.1, 0.15) is 46.5 Å². The van der Waals surface area contributed by atoms with Gasteiger partial charge in [-0.05, 0) is 46.0 Å². The summed E-state index contributed by atoms with van der Waals surface area (Å²) in [6, 6.07) is 0. The van der Waals surface area contributed by atoms with E-state index >= 15 is 0 Å². The Hall–Kier alpha value is -0.725. The number of carbonyl (C=O) groups excluding carboxylic acids is 1. The molecule has 0 aliphatic heterocycles. The SMILES string of the molecule is BC1=CCCC(CC(=O)OC(C)(C)C)C1. The van der Waals surface area contributed by atoms with Crippen molar-refractivity contribution >= 4 is 13.8 Å². The van der Waals surface area contributed by atoms with Crippen molar-refractivity contribution in [3.05, 3.63) is 11.5 Å². The van der Waals surface area contributed by atoms with Crippen LogP contribution in [0.4, 0.5) is 0 Å². The van der Waals surface area contributed by atoms with Crippen molar-refractivity contribution in [3.63, 3.8) is 0 Å². The van der Waals surface area contributed by atoms with Crippen LogP contribution in [0.2, 0.25) is 0 Å². The van der Waals surface area contributed by atoms with Crippen LogP contribution < -0.4 is 0 Å². The summed E-state index contributed by atoms with van der Waals surface area (Å²) >= 11 is 0. The zero-order chi connectivity index (χ0) is 11.5. The summed E-state index contributed by atoms with van der Waals surface area (Å²) in [6.45, 7) is 5.74. The van der Waals surface area contributed by atoms with Gasteiger partial charge in [0.25, 0.3) is 0 Å². The fraction of sp³-hybridized carbons (Fsp3) is 0.750. The van der Waals surface area contributed by atoms with Crippen molar-refractivity contribution in [1.29, 1.82) is 0 Å². The molecule has 2 nitrogen and oxygen atoms in total. The standard InChI is InChI=1S/C12H21BO2/c1-12(2,3)15-11(14)8-9-5-4-6-10(13)7-9/h6,9H,4-5,7-8,13H2,1-3H3. The second kappa shape index (κ2) is 4.87. The molecule has 1 aliphatic rings. The maximum Gasteiger partial charge on any atom is 0.306 e. The second-order valence-corrected chi connectivity index (χ2v) is 5.49. The van der Waals surface area contributed by atoms with Crippen molar-refractivity contribution < 1.29 is 9.53 Å². The number of hydrogen-bond acceptors (Lipinski definition) is 2. The summed E-state index contributed by atoms with van der Waals surface area (Å²) in [6.07, 6.45) is 6.13. The van der Waals surface area contributed by atoms with Crippen molar-refractivity contribution in [2.75, 3.05) is 0 Å². The lowest BCUT2D eigenvalue weighted by Crippen LogP contribution is -2.25.